The molecule has 152 valence electrons. The zero-order chi connectivity index (χ0) is 20.3. The first kappa shape index (κ1) is 19.5. The monoisotopic (exact) mass is 401 g/mol. The quantitative estimate of drug-likeness (QED) is 0.584. The molecule has 0 radical (unpaired) electrons. The van der Waals surface area contributed by atoms with Gasteiger partial charge in [-0.1, -0.05) is 18.2 Å². The largest absolute Gasteiger partial charge is 0.493 e. The maximum Gasteiger partial charge on any atom is 0.434 e. The number of halogens is 3. The maximum atomic E-state index is 12.7. The van der Waals surface area contributed by atoms with Crippen LogP contribution < -0.4 is 4.74 Å². The molecule has 29 heavy (non-hydrogen) atoms. The fraction of sp³-hybridized carbons (Fsp3) is 0.364. The number of nitrogens with zero attached hydrogens (tertiary/aromatic N) is 2. The molecule has 2 heterocycles. The van der Waals surface area contributed by atoms with E-state index in [1.807, 2.05) is 36.4 Å². The third-order valence-corrected chi connectivity index (χ3v) is 5.42. The van der Waals surface area contributed by atoms with Gasteiger partial charge in [-0.25, -0.2) is 4.98 Å². The van der Waals surface area contributed by atoms with Crippen molar-refractivity contribution in [3.05, 3.63) is 66.2 Å². The number of hydrogen-bond acceptors (Lipinski definition) is 3. The molecule has 4 nitrogen and oxygen atoms in total. The third kappa shape index (κ3) is 4.78. The molecule has 0 spiro atoms. The molecule has 1 fully saturated rings. The van der Waals surface area contributed by atoms with Crippen LogP contribution in [0.25, 0.3) is 11.4 Å². The fourth-order valence-corrected chi connectivity index (χ4v) is 3.76. The van der Waals surface area contributed by atoms with E-state index in [1.165, 1.54) is 0 Å². The minimum atomic E-state index is -4.45. The van der Waals surface area contributed by atoms with Gasteiger partial charge in [0.05, 0.1) is 6.61 Å². The number of pyridine rings is 1. The van der Waals surface area contributed by atoms with Gasteiger partial charge in [0.15, 0.2) is 5.69 Å². The Morgan fingerprint density at radius 1 is 1.00 bits per heavy atom. The van der Waals surface area contributed by atoms with E-state index in [-0.39, 0.29) is 5.82 Å². The van der Waals surface area contributed by atoms with E-state index in [9.17, 15) is 13.2 Å². The Labute approximate surface area is 167 Å². The highest BCUT2D eigenvalue weighted by molar-refractivity contribution is 5.54. The van der Waals surface area contributed by atoms with Gasteiger partial charge in [-0.3, -0.25) is 4.98 Å². The second kappa shape index (κ2) is 8.27. The molecule has 1 N–H and O–H groups in total. The average molecular weight is 401 g/mol. The molecule has 1 saturated carbocycles. The number of imidazole rings is 1. The Kier molecular flexibility index (Phi) is 5.56. The molecule has 7 heteroatoms. The molecule has 0 atom stereocenters. The van der Waals surface area contributed by atoms with Crippen LogP contribution in [0.2, 0.25) is 0 Å². The first-order valence-corrected chi connectivity index (χ1v) is 9.76. The summed E-state index contributed by atoms with van der Waals surface area (Å²) in [7, 11) is 0. The second-order valence-corrected chi connectivity index (χ2v) is 7.45. The molecule has 1 aromatic carbocycles. The van der Waals surface area contributed by atoms with Crippen molar-refractivity contribution in [3.8, 4) is 17.1 Å². The number of hydrogen-bond donors (Lipinski definition) is 1. The predicted octanol–water partition coefficient (Wildman–Crippen LogP) is 5.84. The standard InChI is InChI=1S/C22H22F3N3O/c23-22(24,25)20-13-27-21(28-20)17-10-11-19(26-12-17)16-8-6-15(7-9-16)14-29-18-4-2-1-3-5-18/h1-5,10-13,15-16H,6-9,14H2,(H,27,28)/t15-,16-. The van der Waals surface area contributed by atoms with Crippen molar-refractivity contribution in [1.82, 2.24) is 15.0 Å². The van der Waals surface area contributed by atoms with E-state index in [1.54, 1.807) is 12.3 Å². The normalized spacial score (nSPS) is 19.8. The van der Waals surface area contributed by atoms with Crippen molar-refractivity contribution in [2.24, 2.45) is 5.92 Å². The van der Waals surface area contributed by atoms with Crippen LogP contribution in [0.1, 0.15) is 43.0 Å². The van der Waals surface area contributed by atoms with Gasteiger partial charge >= 0.3 is 6.18 Å². The summed E-state index contributed by atoms with van der Waals surface area (Å²) < 4.78 is 44.0. The smallest absolute Gasteiger partial charge is 0.434 e. The average Bonchev–Trinajstić information content (AvgIpc) is 3.25. The van der Waals surface area contributed by atoms with Crippen LogP contribution in [0, 0.1) is 5.92 Å². The summed E-state index contributed by atoms with van der Waals surface area (Å²) in [6.07, 6.45) is 2.25. The molecule has 0 aliphatic heterocycles. The maximum absolute atomic E-state index is 12.7. The molecule has 0 amide bonds. The number of aromatic amines is 1. The third-order valence-electron chi connectivity index (χ3n) is 5.42. The van der Waals surface area contributed by atoms with Crippen molar-refractivity contribution < 1.29 is 17.9 Å². The molecular weight excluding hydrogens is 379 g/mol. The van der Waals surface area contributed by atoms with Crippen LogP contribution in [-0.2, 0) is 6.18 Å². The summed E-state index contributed by atoms with van der Waals surface area (Å²) in [6, 6.07) is 13.5. The van der Waals surface area contributed by atoms with Gasteiger partial charge in [0.1, 0.15) is 11.6 Å². The zero-order valence-corrected chi connectivity index (χ0v) is 15.8. The highest BCUT2D eigenvalue weighted by Gasteiger charge is 2.33. The Morgan fingerprint density at radius 2 is 1.76 bits per heavy atom. The second-order valence-electron chi connectivity index (χ2n) is 7.45. The first-order valence-electron chi connectivity index (χ1n) is 9.76. The minimum absolute atomic E-state index is 0.179. The Bertz CT molecular complexity index is 914. The molecule has 3 aromatic rings. The van der Waals surface area contributed by atoms with Gasteiger partial charge in [0.25, 0.3) is 0 Å². The highest BCUT2D eigenvalue weighted by atomic mass is 19.4. The number of alkyl halides is 3. The van der Waals surface area contributed by atoms with Gasteiger partial charge in [0.2, 0.25) is 0 Å². The number of benzene rings is 1. The van der Waals surface area contributed by atoms with E-state index in [0.717, 1.165) is 49.9 Å². The molecular formula is C22H22F3N3O. The van der Waals surface area contributed by atoms with Crippen LogP contribution in [0.15, 0.2) is 54.9 Å². The SMILES string of the molecule is FC(F)(F)c1c[nH]c(-c2ccc([C@H]3CC[C@H](COc4ccccc4)CC3)nc2)n1. The number of aromatic nitrogens is 3. The summed E-state index contributed by atoms with van der Waals surface area (Å²) in [5, 5.41) is 0. The highest BCUT2D eigenvalue weighted by Crippen LogP contribution is 2.36. The number of para-hydroxylation sites is 1. The molecule has 1 aliphatic rings. The fourth-order valence-electron chi connectivity index (χ4n) is 3.76. The topological polar surface area (TPSA) is 50.8 Å². The van der Waals surface area contributed by atoms with Crippen LogP contribution >= 0.6 is 0 Å². The van der Waals surface area contributed by atoms with E-state index in [0.29, 0.717) is 17.4 Å². The van der Waals surface area contributed by atoms with Gasteiger partial charge in [0, 0.05) is 29.6 Å². The number of nitrogens with one attached hydrogen (secondary N) is 1. The lowest BCUT2D eigenvalue weighted by Gasteiger charge is -2.28. The lowest BCUT2D eigenvalue weighted by molar-refractivity contribution is -0.140. The summed E-state index contributed by atoms with van der Waals surface area (Å²) in [4.78, 5) is 10.7. The van der Waals surface area contributed by atoms with E-state index in [4.69, 9.17) is 4.74 Å². The minimum Gasteiger partial charge on any atom is -0.493 e. The van der Waals surface area contributed by atoms with E-state index < -0.39 is 11.9 Å². The molecule has 0 saturated heterocycles. The predicted molar refractivity (Wildman–Crippen MR) is 103 cm³/mol. The van der Waals surface area contributed by atoms with Crippen molar-refractivity contribution in [1.29, 1.82) is 0 Å². The van der Waals surface area contributed by atoms with Gasteiger partial charge in [-0.2, -0.15) is 13.2 Å². The van der Waals surface area contributed by atoms with Crippen LogP contribution in [-0.4, -0.2) is 21.6 Å². The van der Waals surface area contributed by atoms with Crippen molar-refractivity contribution in [3.63, 3.8) is 0 Å². The van der Waals surface area contributed by atoms with Crippen molar-refractivity contribution in [2.45, 2.75) is 37.8 Å². The molecule has 0 bridgehead atoms. The summed E-state index contributed by atoms with van der Waals surface area (Å²) >= 11 is 0. The number of H-pyrrole nitrogens is 1. The van der Waals surface area contributed by atoms with Crippen LogP contribution in [0.5, 0.6) is 5.75 Å². The lowest BCUT2D eigenvalue weighted by Crippen LogP contribution is -2.19. The zero-order valence-electron chi connectivity index (χ0n) is 15.8. The number of ether oxygens (including phenoxy) is 1. The molecule has 4 rings (SSSR count). The lowest BCUT2D eigenvalue weighted by atomic mass is 9.80. The van der Waals surface area contributed by atoms with Gasteiger partial charge in [-0.05, 0) is 55.9 Å². The van der Waals surface area contributed by atoms with E-state index in [2.05, 4.69) is 15.0 Å². The molecule has 0 unspecified atom stereocenters. The Balaban J connectivity index is 1.31. The van der Waals surface area contributed by atoms with Crippen LogP contribution in [0.4, 0.5) is 13.2 Å². The first-order chi connectivity index (χ1) is 14.0. The Morgan fingerprint density at radius 3 is 2.38 bits per heavy atom. The van der Waals surface area contributed by atoms with Gasteiger partial charge in [-0.15, -0.1) is 0 Å². The summed E-state index contributed by atoms with van der Waals surface area (Å²) in [5.74, 6) is 1.99. The van der Waals surface area contributed by atoms with Gasteiger partial charge < -0.3 is 9.72 Å². The van der Waals surface area contributed by atoms with Crippen molar-refractivity contribution >= 4 is 0 Å². The van der Waals surface area contributed by atoms with Crippen molar-refractivity contribution in [2.75, 3.05) is 6.61 Å². The molecule has 1 aliphatic carbocycles. The number of rotatable bonds is 5. The summed E-state index contributed by atoms with van der Waals surface area (Å²) in [5.41, 5.74) is 0.612. The van der Waals surface area contributed by atoms with Crippen LogP contribution in [0.3, 0.4) is 0 Å². The summed E-state index contributed by atoms with van der Waals surface area (Å²) in [6.45, 7) is 0.725. The van der Waals surface area contributed by atoms with E-state index >= 15 is 0 Å². The Hall–Kier alpha value is -2.83. The molecule has 2 aromatic heterocycles.